The first-order chi connectivity index (χ1) is 12.5. The summed E-state index contributed by atoms with van der Waals surface area (Å²) in [4.78, 5) is 14.1. The Morgan fingerprint density at radius 3 is 2.44 bits per heavy atom. The highest BCUT2D eigenvalue weighted by molar-refractivity contribution is 7.89. The van der Waals surface area contributed by atoms with Crippen molar-refractivity contribution in [1.29, 1.82) is 0 Å². The van der Waals surface area contributed by atoms with Crippen molar-refractivity contribution in [2.75, 3.05) is 13.1 Å². The van der Waals surface area contributed by atoms with Gasteiger partial charge in [-0.2, -0.15) is 0 Å². The third-order valence-electron chi connectivity index (χ3n) is 5.04. The number of allylic oxidation sites excluding steroid dienone is 1. The third-order valence-corrected chi connectivity index (χ3v) is 6.50. The van der Waals surface area contributed by atoms with Crippen LogP contribution in [0.3, 0.4) is 0 Å². The summed E-state index contributed by atoms with van der Waals surface area (Å²) in [6.45, 7) is 10.4. The highest BCUT2D eigenvalue weighted by atomic mass is 32.2. The van der Waals surface area contributed by atoms with E-state index >= 15 is 0 Å². The smallest absolute Gasteiger partial charge is 0.410 e. The van der Waals surface area contributed by atoms with Gasteiger partial charge in [0.2, 0.25) is 10.0 Å². The van der Waals surface area contributed by atoms with E-state index in [1.165, 1.54) is 0 Å². The number of amides is 1. The molecule has 1 saturated carbocycles. The van der Waals surface area contributed by atoms with Gasteiger partial charge >= 0.3 is 6.09 Å². The minimum atomic E-state index is -3.58. The Bertz CT molecular complexity index is 858. The van der Waals surface area contributed by atoms with E-state index in [1.807, 2.05) is 52.8 Å². The van der Waals surface area contributed by atoms with Gasteiger partial charge in [-0.05, 0) is 69.7 Å². The fourth-order valence-corrected chi connectivity index (χ4v) is 4.94. The van der Waals surface area contributed by atoms with E-state index in [2.05, 4.69) is 4.72 Å². The molecule has 0 bridgehead atoms. The first kappa shape index (κ1) is 19.9. The van der Waals surface area contributed by atoms with E-state index in [0.29, 0.717) is 13.1 Å². The molecule has 1 aromatic rings. The summed E-state index contributed by atoms with van der Waals surface area (Å²) in [7, 11) is -3.58. The maximum Gasteiger partial charge on any atom is 0.410 e. The molecular weight excluding hydrogens is 364 g/mol. The van der Waals surface area contributed by atoms with Gasteiger partial charge in [-0.25, -0.2) is 17.9 Å². The van der Waals surface area contributed by atoms with Crippen LogP contribution in [0.5, 0.6) is 0 Å². The summed E-state index contributed by atoms with van der Waals surface area (Å²) in [5.41, 5.74) is 1.40. The van der Waals surface area contributed by atoms with Crippen LogP contribution in [-0.4, -0.2) is 44.1 Å². The molecule has 7 heteroatoms. The lowest BCUT2D eigenvalue weighted by atomic mass is 10.1. The van der Waals surface area contributed by atoms with E-state index < -0.39 is 15.6 Å². The van der Waals surface area contributed by atoms with Crippen LogP contribution in [0.1, 0.15) is 38.8 Å². The van der Waals surface area contributed by atoms with Crippen molar-refractivity contribution >= 4 is 22.2 Å². The summed E-state index contributed by atoms with van der Waals surface area (Å²) in [6, 6.07) is 5.04. The molecule has 1 amide bonds. The summed E-state index contributed by atoms with van der Waals surface area (Å²) >= 11 is 0. The molecule has 148 valence electrons. The Morgan fingerprint density at radius 2 is 1.89 bits per heavy atom. The maximum atomic E-state index is 12.7. The lowest BCUT2D eigenvalue weighted by molar-refractivity contribution is 0.0271. The molecule has 3 rings (SSSR count). The zero-order valence-corrected chi connectivity index (χ0v) is 17.3. The molecule has 1 aliphatic heterocycles. The first-order valence-electron chi connectivity index (χ1n) is 9.25. The van der Waals surface area contributed by atoms with Crippen molar-refractivity contribution in [3.8, 4) is 0 Å². The van der Waals surface area contributed by atoms with Crippen molar-refractivity contribution in [3.63, 3.8) is 0 Å². The Balaban J connectivity index is 1.62. The molecule has 2 atom stereocenters. The number of sulfonamides is 1. The standard InChI is InChI=1S/C20H28N2O4S/c1-6-7-14-10-15(9-8-13(14)2)27(24,25)21-18-16-11-22(12-17(16)18)19(23)26-20(3,4)5/h6-10,16-18,21H,11-12H2,1-5H3/b7-6-. The fraction of sp³-hybridized carbons (Fsp3) is 0.550. The number of aryl methyl sites for hydroxylation is 1. The van der Waals surface area contributed by atoms with Crippen LogP contribution in [0, 0.1) is 18.8 Å². The minimum absolute atomic E-state index is 0.111. The number of benzene rings is 1. The molecule has 6 nitrogen and oxygen atoms in total. The van der Waals surface area contributed by atoms with Gasteiger partial charge in [0.1, 0.15) is 5.60 Å². The predicted molar refractivity (Wildman–Crippen MR) is 105 cm³/mol. The van der Waals surface area contributed by atoms with Crippen molar-refractivity contribution in [3.05, 3.63) is 35.4 Å². The zero-order chi connectivity index (χ0) is 20.0. The lowest BCUT2D eigenvalue weighted by Crippen LogP contribution is -2.40. The van der Waals surface area contributed by atoms with Gasteiger partial charge in [0.25, 0.3) is 0 Å². The number of carbonyl (C=O) groups is 1. The number of carbonyl (C=O) groups excluding carboxylic acids is 1. The predicted octanol–water partition coefficient (Wildman–Crippen LogP) is 3.17. The molecule has 1 heterocycles. The normalized spacial score (nSPS) is 24.9. The number of rotatable bonds is 4. The summed E-state index contributed by atoms with van der Waals surface area (Å²) in [5.74, 6) is 0.320. The van der Waals surface area contributed by atoms with Gasteiger partial charge in [-0.1, -0.05) is 18.2 Å². The van der Waals surface area contributed by atoms with Gasteiger partial charge in [0, 0.05) is 19.1 Å². The second-order valence-corrected chi connectivity index (χ2v) is 10.1. The molecule has 2 aliphatic rings. The molecule has 0 spiro atoms. The number of ether oxygens (including phenoxy) is 1. The number of nitrogens with one attached hydrogen (secondary N) is 1. The van der Waals surface area contributed by atoms with Crippen LogP contribution < -0.4 is 4.72 Å². The van der Waals surface area contributed by atoms with Crippen LogP contribution in [0.2, 0.25) is 0 Å². The fourth-order valence-electron chi connectivity index (χ4n) is 3.57. The zero-order valence-electron chi connectivity index (χ0n) is 16.5. The number of likely N-dealkylation sites (tertiary alicyclic amines) is 1. The lowest BCUT2D eigenvalue weighted by Gasteiger charge is -2.26. The van der Waals surface area contributed by atoms with Crippen LogP contribution in [0.25, 0.3) is 6.08 Å². The van der Waals surface area contributed by atoms with E-state index in [1.54, 1.807) is 17.0 Å². The maximum absolute atomic E-state index is 12.7. The molecule has 1 aliphatic carbocycles. The summed E-state index contributed by atoms with van der Waals surface area (Å²) in [6.07, 6.45) is 3.47. The second kappa shape index (κ2) is 6.95. The Labute approximate surface area is 161 Å². The van der Waals surface area contributed by atoms with Crippen molar-refractivity contribution in [1.82, 2.24) is 9.62 Å². The number of hydrogen-bond acceptors (Lipinski definition) is 4. The number of nitrogens with zero attached hydrogens (tertiary/aromatic N) is 1. The topological polar surface area (TPSA) is 75.7 Å². The monoisotopic (exact) mass is 392 g/mol. The summed E-state index contributed by atoms with van der Waals surface area (Å²) in [5, 5.41) is 0. The van der Waals surface area contributed by atoms with Crippen molar-refractivity contribution < 1.29 is 17.9 Å². The number of hydrogen-bond donors (Lipinski definition) is 1. The quantitative estimate of drug-likeness (QED) is 0.854. The van der Waals surface area contributed by atoms with E-state index in [9.17, 15) is 13.2 Å². The second-order valence-electron chi connectivity index (χ2n) is 8.38. The minimum Gasteiger partial charge on any atom is -0.444 e. The Morgan fingerprint density at radius 1 is 1.26 bits per heavy atom. The largest absolute Gasteiger partial charge is 0.444 e. The molecule has 1 saturated heterocycles. The molecule has 0 aromatic heterocycles. The average molecular weight is 393 g/mol. The van der Waals surface area contributed by atoms with E-state index in [-0.39, 0.29) is 28.9 Å². The molecule has 0 radical (unpaired) electrons. The molecule has 1 N–H and O–H groups in total. The van der Waals surface area contributed by atoms with Gasteiger partial charge < -0.3 is 9.64 Å². The molecule has 2 fully saturated rings. The third kappa shape index (κ3) is 4.35. The van der Waals surface area contributed by atoms with Gasteiger partial charge in [-0.15, -0.1) is 0 Å². The van der Waals surface area contributed by atoms with E-state index in [4.69, 9.17) is 4.74 Å². The van der Waals surface area contributed by atoms with Gasteiger partial charge in [-0.3, -0.25) is 0 Å². The molecule has 1 aromatic carbocycles. The van der Waals surface area contributed by atoms with Crippen LogP contribution in [-0.2, 0) is 14.8 Å². The van der Waals surface area contributed by atoms with Gasteiger partial charge in [0.05, 0.1) is 4.90 Å². The number of piperidine rings is 1. The Hall–Kier alpha value is -1.86. The first-order valence-corrected chi connectivity index (χ1v) is 10.7. The van der Waals surface area contributed by atoms with Crippen molar-refractivity contribution in [2.24, 2.45) is 11.8 Å². The molecular formula is C20H28N2O4S. The van der Waals surface area contributed by atoms with Crippen LogP contribution in [0.4, 0.5) is 4.79 Å². The molecule has 2 unspecified atom stereocenters. The average Bonchev–Trinajstić information content (AvgIpc) is 2.98. The Kier molecular flexibility index (Phi) is 5.12. The SMILES string of the molecule is C/C=C\c1cc(S(=O)(=O)NC2C3CN(C(=O)OC(C)(C)C)CC32)ccc1C. The highest BCUT2D eigenvalue weighted by Gasteiger charge is 2.58. The van der Waals surface area contributed by atoms with Crippen LogP contribution in [0.15, 0.2) is 29.2 Å². The highest BCUT2D eigenvalue weighted by Crippen LogP contribution is 2.46. The molecule has 27 heavy (non-hydrogen) atoms. The van der Waals surface area contributed by atoms with Gasteiger partial charge in [0.15, 0.2) is 0 Å². The van der Waals surface area contributed by atoms with Crippen molar-refractivity contribution in [2.45, 2.75) is 51.2 Å². The van der Waals surface area contributed by atoms with E-state index in [0.717, 1.165) is 11.1 Å². The summed E-state index contributed by atoms with van der Waals surface area (Å²) < 4.78 is 33.7. The number of fused-ring (bicyclic) bond motifs is 1. The van der Waals surface area contributed by atoms with Crippen LogP contribution >= 0.6 is 0 Å².